The van der Waals surface area contributed by atoms with Crippen molar-refractivity contribution in [3.8, 4) is 10.6 Å². The van der Waals surface area contributed by atoms with Crippen LogP contribution in [0.3, 0.4) is 0 Å². The Balaban J connectivity index is 1.55. The van der Waals surface area contributed by atoms with E-state index in [4.69, 9.17) is 0 Å². The van der Waals surface area contributed by atoms with Crippen molar-refractivity contribution in [1.29, 1.82) is 0 Å². The smallest absolute Gasteiger partial charge is 0.263 e. The van der Waals surface area contributed by atoms with Crippen LogP contribution in [0.1, 0.15) is 28.2 Å². The second-order valence-electron chi connectivity index (χ2n) is 5.73. The largest absolute Gasteiger partial charge is 0.351 e. The molecule has 2 aliphatic rings. The first-order chi connectivity index (χ1) is 11.2. The number of carbonyl (C=O) groups is 1. The number of alkyl halides is 1. The molecule has 0 atom stereocenters. The minimum atomic E-state index is -0.710. The molecule has 0 aromatic carbocycles. The van der Waals surface area contributed by atoms with Gasteiger partial charge in [-0.2, -0.15) is 0 Å². The molecule has 1 fully saturated rings. The van der Waals surface area contributed by atoms with Gasteiger partial charge in [0.2, 0.25) is 5.95 Å². The Morgan fingerprint density at radius 2 is 2.00 bits per heavy atom. The second-order valence-corrected chi connectivity index (χ2v) is 6.73. The summed E-state index contributed by atoms with van der Waals surface area (Å²) < 4.78 is 13.2. The highest BCUT2D eigenvalue weighted by Crippen LogP contribution is 2.29. The van der Waals surface area contributed by atoms with Crippen molar-refractivity contribution >= 4 is 23.2 Å². The fourth-order valence-electron chi connectivity index (χ4n) is 2.84. The van der Waals surface area contributed by atoms with Crippen LogP contribution in [0.5, 0.6) is 0 Å². The molecule has 0 saturated carbocycles. The first-order valence-electron chi connectivity index (χ1n) is 7.70. The number of hydrogen-bond acceptors (Lipinski definition) is 6. The Bertz CT molecular complexity index is 724. The van der Waals surface area contributed by atoms with Gasteiger partial charge in [0.1, 0.15) is 16.1 Å². The Kier molecular flexibility index (Phi) is 3.68. The van der Waals surface area contributed by atoms with E-state index >= 15 is 0 Å². The number of nitrogens with zero attached hydrogens (tertiary/aromatic N) is 4. The standard InChI is InChI=1S/C15H16FN5OS/c16-10-2-5-21(6-3-10)15-18-7-9(8-19-15)14-20-11-1-4-17-13(22)12(11)23-14/h7-8,10H,1-6H2,(H,17,22). The first-order valence-corrected chi connectivity index (χ1v) is 8.51. The molecular weight excluding hydrogens is 317 g/mol. The van der Waals surface area contributed by atoms with Crippen molar-refractivity contribution < 1.29 is 9.18 Å². The van der Waals surface area contributed by atoms with E-state index < -0.39 is 6.17 Å². The van der Waals surface area contributed by atoms with Crippen LogP contribution in [-0.4, -0.2) is 46.7 Å². The van der Waals surface area contributed by atoms with E-state index in [-0.39, 0.29) is 5.91 Å². The summed E-state index contributed by atoms with van der Waals surface area (Å²) in [5, 5.41) is 3.59. The molecule has 0 radical (unpaired) electrons. The molecule has 23 heavy (non-hydrogen) atoms. The van der Waals surface area contributed by atoms with E-state index in [0.29, 0.717) is 43.3 Å². The summed E-state index contributed by atoms with van der Waals surface area (Å²) >= 11 is 1.37. The van der Waals surface area contributed by atoms with E-state index in [1.165, 1.54) is 11.3 Å². The molecule has 0 aliphatic carbocycles. The van der Waals surface area contributed by atoms with Crippen molar-refractivity contribution in [2.45, 2.75) is 25.4 Å². The summed E-state index contributed by atoms with van der Waals surface area (Å²) in [7, 11) is 0. The van der Waals surface area contributed by atoms with E-state index in [9.17, 15) is 9.18 Å². The van der Waals surface area contributed by atoms with Gasteiger partial charge >= 0.3 is 0 Å². The maximum absolute atomic E-state index is 13.2. The number of carbonyl (C=O) groups excluding carboxylic acids is 1. The minimum absolute atomic E-state index is 0.0540. The molecule has 0 bridgehead atoms. The van der Waals surface area contributed by atoms with Crippen LogP contribution in [0.4, 0.5) is 10.3 Å². The molecule has 2 aromatic rings. The van der Waals surface area contributed by atoms with Gasteiger partial charge in [-0.25, -0.2) is 19.3 Å². The van der Waals surface area contributed by atoms with E-state index in [0.717, 1.165) is 22.7 Å². The average molecular weight is 333 g/mol. The Hall–Kier alpha value is -2.09. The molecule has 0 unspecified atom stereocenters. The number of hydrogen-bond donors (Lipinski definition) is 1. The van der Waals surface area contributed by atoms with Crippen LogP contribution in [-0.2, 0) is 6.42 Å². The van der Waals surface area contributed by atoms with Crippen LogP contribution < -0.4 is 10.2 Å². The lowest BCUT2D eigenvalue weighted by Crippen LogP contribution is -2.35. The lowest BCUT2D eigenvalue weighted by Gasteiger charge is -2.28. The number of amides is 1. The lowest BCUT2D eigenvalue weighted by atomic mass is 10.1. The third-order valence-corrected chi connectivity index (χ3v) is 5.29. The summed E-state index contributed by atoms with van der Waals surface area (Å²) in [5.74, 6) is 0.571. The van der Waals surface area contributed by atoms with Crippen LogP contribution in [0, 0.1) is 0 Å². The Labute approximate surface area is 136 Å². The number of rotatable bonds is 2. The summed E-state index contributed by atoms with van der Waals surface area (Å²) in [5.41, 5.74) is 1.66. The zero-order valence-corrected chi connectivity index (χ0v) is 13.3. The molecule has 1 amide bonds. The fourth-order valence-corrected chi connectivity index (χ4v) is 3.84. The van der Waals surface area contributed by atoms with Gasteiger partial charge in [-0.15, -0.1) is 11.3 Å². The van der Waals surface area contributed by atoms with Crippen LogP contribution >= 0.6 is 11.3 Å². The molecular formula is C15H16FN5OS. The number of piperidine rings is 1. The number of nitrogens with one attached hydrogen (secondary N) is 1. The van der Waals surface area contributed by atoms with Crippen LogP contribution in [0.15, 0.2) is 12.4 Å². The van der Waals surface area contributed by atoms with E-state index in [1.807, 2.05) is 4.90 Å². The minimum Gasteiger partial charge on any atom is -0.351 e. The van der Waals surface area contributed by atoms with Gasteiger partial charge < -0.3 is 10.2 Å². The van der Waals surface area contributed by atoms with E-state index in [2.05, 4.69) is 20.3 Å². The van der Waals surface area contributed by atoms with Crippen LogP contribution in [0.25, 0.3) is 10.6 Å². The number of anilines is 1. The van der Waals surface area contributed by atoms with Gasteiger partial charge in [0.25, 0.3) is 5.91 Å². The maximum Gasteiger partial charge on any atom is 0.263 e. The lowest BCUT2D eigenvalue weighted by molar-refractivity contribution is 0.0950. The molecule has 1 saturated heterocycles. The summed E-state index contributed by atoms with van der Waals surface area (Å²) in [6.07, 6.45) is 4.56. The number of halogens is 1. The molecule has 1 N–H and O–H groups in total. The summed E-state index contributed by atoms with van der Waals surface area (Å²) in [4.78, 5) is 27.8. The van der Waals surface area contributed by atoms with Gasteiger partial charge in [-0.3, -0.25) is 4.79 Å². The highest BCUT2D eigenvalue weighted by atomic mass is 32.1. The highest BCUT2D eigenvalue weighted by Gasteiger charge is 2.23. The molecule has 4 heterocycles. The molecule has 120 valence electrons. The van der Waals surface area contributed by atoms with Gasteiger partial charge in [0.05, 0.1) is 5.69 Å². The van der Waals surface area contributed by atoms with E-state index in [1.54, 1.807) is 12.4 Å². The monoisotopic (exact) mass is 333 g/mol. The van der Waals surface area contributed by atoms with Crippen molar-refractivity contribution in [3.05, 3.63) is 23.0 Å². The molecule has 4 rings (SSSR count). The zero-order chi connectivity index (χ0) is 15.8. The van der Waals surface area contributed by atoms with Crippen molar-refractivity contribution in [3.63, 3.8) is 0 Å². The Morgan fingerprint density at radius 3 is 2.70 bits per heavy atom. The van der Waals surface area contributed by atoms with Gasteiger partial charge in [0.15, 0.2) is 0 Å². The normalized spacial score (nSPS) is 18.7. The van der Waals surface area contributed by atoms with Crippen LogP contribution in [0.2, 0.25) is 0 Å². The SMILES string of the molecule is O=C1NCCc2nc(-c3cnc(N4CCC(F)CC4)nc3)sc21. The second kappa shape index (κ2) is 5.84. The molecule has 0 spiro atoms. The maximum atomic E-state index is 13.2. The molecule has 2 aliphatic heterocycles. The third kappa shape index (κ3) is 2.78. The van der Waals surface area contributed by atoms with Crippen molar-refractivity contribution in [1.82, 2.24) is 20.3 Å². The molecule has 8 heteroatoms. The number of aromatic nitrogens is 3. The average Bonchev–Trinajstić information content (AvgIpc) is 3.01. The number of fused-ring (bicyclic) bond motifs is 1. The zero-order valence-electron chi connectivity index (χ0n) is 12.5. The topological polar surface area (TPSA) is 71.0 Å². The predicted molar refractivity (Wildman–Crippen MR) is 85.5 cm³/mol. The van der Waals surface area contributed by atoms with Gasteiger partial charge in [0, 0.05) is 44.0 Å². The fraction of sp³-hybridized carbons (Fsp3) is 0.467. The van der Waals surface area contributed by atoms with Crippen molar-refractivity contribution in [2.24, 2.45) is 0 Å². The quantitative estimate of drug-likeness (QED) is 0.908. The first kappa shape index (κ1) is 14.5. The summed E-state index contributed by atoms with van der Waals surface area (Å²) in [6.45, 7) is 1.92. The Morgan fingerprint density at radius 1 is 1.26 bits per heavy atom. The predicted octanol–water partition coefficient (Wildman–Crippen LogP) is 1.82. The van der Waals surface area contributed by atoms with Crippen molar-refractivity contribution in [2.75, 3.05) is 24.5 Å². The molecule has 6 nitrogen and oxygen atoms in total. The van der Waals surface area contributed by atoms with Gasteiger partial charge in [-0.05, 0) is 12.8 Å². The third-order valence-electron chi connectivity index (χ3n) is 4.14. The molecule has 2 aromatic heterocycles. The summed E-state index contributed by atoms with van der Waals surface area (Å²) in [6, 6.07) is 0. The highest BCUT2D eigenvalue weighted by molar-refractivity contribution is 7.17. The van der Waals surface area contributed by atoms with Gasteiger partial charge in [-0.1, -0.05) is 0 Å². The number of thiazole rings is 1.